The van der Waals surface area contributed by atoms with Gasteiger partial charge in [0.15, 0.2) is 12.6 Å². The topological polar surface area (TPSA) is 310 Å². The zero-order valence-electron chi connectivity index (χ0n) is 34.7. The summed E-state index contributed by atoms with van der Waals surface area (Å²) in [5, 5.41) is 102. The van der Waals surface area contributed by atoms with Crippen molar-refractivity contribution in [1.82, 2.24) is 0 Å². The first kappa shape index (κ1) is 48.4. The fraction of sp³-hybridized carbons (Fsp3) is 0.762. The summed E-state index contributed by atoms with van der Waals surface area (Å²) in [7, 11) is 0. The summed E-state index contributed by atoms with van der Waals surface area (Å²) in [4.78, 5) is 26.5. The van der Waals surface area contributed by atoms with Gasteiger partial charge in [-0.05, 0) is 48.7 Å². The molecule has 0 aromatic carbocycles. The number of fused-ring (bicyclic) bond motifs is 2. The maximum absolute atomic E-state index is 13.3. The molecule has 2 saturated heterocycles. The Balaban J connectivity index is 0.922. The molecule has 20 atom stereocenters. The fourth-order valence-electron chi connectivity index (χ4n) is 9.07. The van der Waals surface area contributed by atoms with E-state index in [4.69, 9.17) is 37.9 Å². The molecular formula is C42H62O20. The average Bonchev–Trinajstić information content (AvgIpc) is 3.72. The van der Waals surface area contributed by atoms with Crippen molar-refractivity contribution in [2.75, 3.05) is 26.4 Å². The van der Waals surface area contributed by atoms with Gasteiger partial charge in [0.2, 0.25) is 12.6 Å². The quantitative estimate of drug-likeness (QED) is 0.0565. The zero-order valence-corrected chi connectivity index (χ0v) is 34.7. The molecule has 2 saturated carbocycles. The normalized spacial score (nSPS) is 41.5. The summed E-state index contributed by atoms with van der Waals surface area (Å²) in [6, 6.07) is 0. The predicted molar refractivity (Wildman–Crippen MR) is 208 cm³/mol. The summed E-state index contributed by atoms with van der Waals surface area (Å²) in [6.45, 7) is 10.8. The molecule has 10 N–H and O–H groups in total. The van der Waals surface area contributed by atoms with Crippen molar-refractivity contribution in [2.24, 2.45) is 35.5 Å². The summed E-state index contributed by atoms with van der Waals surface area (Å²) in [6.07, 6.45) is -14.0. The third-order valence-electron chi connectivity index (χ3n) is 13.0. The molecule has 0 aromatic heterocycles. The van der Waals surface area contributed by atoms with Crippen LogP contribution in [0.3, 0.4) is 0 Å². The van der Waals surface area contributed by atoms with Gasteiger partial charge in [-0.15, -0.1) is 0 Å². The number of carbonyl (C=O) groups excluding carboxylic acids is 2. The van der Waals surface area contributed by atoms with Crippen LogP contribution in [0.25, 0.3) is 0 Å². The summed E-state index contributed by atoms with van der Waals surface area (Å²) >= 11 is 0. The lowest BCUT2D eigenvalue weighted by atomic mass is 9.85. The first-order valence-corrected chi connectivity index (χ1v) is 21.2. The fourth-order valence-corrected chi connectivity index (χ4v) is 9.07. The molecule has 0 amide bonds. The molecule has 0 spiro atoms. The van der Waals surface area contributed by atoms with E-state index in [2.05, 4.69) is 13.2 Å². The van der Waals surface area contributed by atoms with Gasteiger partial charge in [0.05, 0.1) is 74.1 Å². The van der Waals surface area contributed by atoms with E-state index < -0.39 is 135 Å². The van der Waals surface area contributed by atoms with Crippen LogP contribution < -0.4 is 0 Å². The van der Waals surface area contributed by atoms with E-state index in [1.54, 1.807) is 0 Å². The van der Waals surface area contributed by atoms with Gasteiger partial charge in [-0.1, -0.05) is 39.8 Å². The zero-order chi connectivity index (χ0) is 45.2. The van der Waals surface area contributed by atoms with Crippen molar-refractivity contribution in [1.29, 1.82) is 0 Å². The van der Waals surface area contributed by atoms with Crippen LogP contribution in [-0.2, 0) is 47.5 Å². The highest BCUT2D eigenvalue weighted by Crippen LogP contribution is 2.48. The van der Waals surface area contributed by atoms with Gasteiger partial charge in [-0.25, -0.2) is 9.59 Å². The van der Waals surface area contributed by atoms with Crippen molar-refractivity contribution in [3.63, 3.8) is 0 Å². The number of carbonyl (C=O) groups is 2. The van der Waals surface area contributed by atoms with Crippen molar-refractivity contribution in [3.05, 3.63) is 48.0 Å². The van der Waals surface area contributed by atoms with Crippen LogP contribution in [0.4, 0.5) is 0 Å². The van der Waals surface area contributed by atoms with E-state index >= 15 is 0 Å². The van der Waals surface area contributed by atoms with Crippen molar-refractivity contribution < 1.29 is 98.5 Å². The number of rotatable bonds is 17. The van der Waals surface area contributed by atoms with E-state index in [-0.39, 0.29) is 49.0 Å². The Hall–Kier alpha value is -3.06. The van der Waals surface area contributed by atoms with Crippen LogP contribution in [0.1, 0.15) is 52.4 Å². The monoisotopic (exact) mass is 886 g/mol. The van der Waals surface area contributed by atoms with Crippen molar-refractivity contribution in [2.45, 2.75) is 139 Å². The van der Waals surface area contributed by atoms with E-state index in [9.17, 15) is 60.7 Å². The van der Waals surface area contributed by atoms with E-state index in [0.717, 1.165) is 19.3 Å². The highest BCUT2D eigenvalue weighted by atomic mass is 16.8. The second kappa shape index (κ2) is 20.8. The Morgan fingerprint density at radius 3 is 1.52 bits per heavy atom. The van der Waals surface area contributed by atoms with E-state index in [1.807, 2.05) is 13.8 Å². The minimum Gasteiger partial charge on any atom is -0.471 e. The molecular weight excluding hydrogens is 824 g/mol. The highest BCUT2D eigenvalue weighted by Gasteiger charge is 2.54. The molecule has 0 radical (unpaired) electrons. The number of hydrogen-bond donors (Lipinski definition) is 10. The molecule has 0 aromatic rings. The summed E-state index contributed by atoms with van der Waals surface area (Å²) in [5.41, 5.74) is 1.03. The Bertz CT molecular complexity index is 1650. The molecule has 4 aliphatic heterocycles. The second-order valence-electron chi connectivity index (χ2n) is 17.4. The smallest absolute Gasteiger partial charge is 0.337 e. The van der Waals surface area contributed by atoms with Crippen LogP contribution in [0.5, 0.6) is 0 Å². The molecule has 0 bridgehead atoms. The van der Waals surface area contributed by atoms with Crippen LogP contribution in [-0.4, -0.2) is 176 Å². The van der Waals surface area contributed by atoms with Gasteiger partial charge in [-0.2, -0.15) is 0 Å². The first-order chi connectivity index (χ1) is 29.5. The first-order valence-electron chi connectivity index (χ1n) is 21.2. The standard InChI is InChI=1S/C42H62O20/c1-17(8-9-55-37(53)23-15-57-39(29-19(3)25(45)10-21(23)29)61-41-35(51)33(49)31(47)27(12-43)59-41)6-5-7-18(2)14-56-38(54)24-16-58-40(30-20(4)26(46)11-22(24)30)62-42-36(52)34(50)32(48)28(13-44)60-42/h15-18,21-22,25-36,39-52H,3-14H2,1-2H3/t17-,18-,21-,22-,25+,26+,27-,28-,29-,30-,31-,32-,33+,34+,35-,36-,39+,40+,41+,42+/m1/s1. The Kier molecular flexibility index (Phi) is 16.3. The maximum atomic E-state index is 13.3. The van der Waals surface area contributed by atoms with Crippen molar-refractivity contribution in [3.8, 4) is 0 Å². The average molecular weight is 887 g/mol. The largest absolute Gasteiger partial charge is 0.471 e. The van der Waals surface area contributed by atoms with Crippen molar-refractivity contribution >= 4 is 11.9 Å². The molecule has 2 aliphatic carbocycles. The second-order valence-corrected chi connectivity index (χ2v) is 17.4. The lowest BCUT2D eigenvalue weighted by Crippen LogP contribution is -2.60. The Morgan fingerprint density at radius 1 is 0.629 bits per heavy atom. The van der Waals surface area contributed by atoms with E-state index in [1.165, 1.54) is 12.5 Å². The van der Waals surface area contributed by atoms with Gasteiger partial charge >= 0.3 is 11.9 Å². The lowest BCUT2D eigenvalue weighted by molar-refractivity contribution is -0.339. The minimum absolute atomic E-state index is 0.00695. The minimum atomic E-state index is -1.68. The van der Waals surface area contributed by atoms with Gasteiger partial charge < -0.3 is 89.0 Å². The van der Waals surface area contributed by atoms with Gasteiger partial charge in [0.1, 0.15) is 48.8 Å². The van der Waals surface area contributed by atoms with Crippen LogP contribution >= 0.6 is 0 Å². The molecule has 20 heteroatoms. The summed E-state index contributed by atoms with van der Waals surface area (Å²) < 4.78 is 45.3. The van der Waals surface area contributed by atoms with Gasteiger partial charge in [-0.3, -0.25) is 0 Å². The molecule has 0 unspecified atom stereocenters. The number of ether oxygens (including phenoxy) is 8. The number of hydrogen-bond acceptors (Lipinski definition) is 20. The van der Waals surface area contributed by atoms with Crippen LogP contribution in [0.2, 0.25) is 0 Å². The highest BCUT2D eigenvalue weighted by molar-refractivity contribution is 5.89. The maximum Gasteiger partial charge on any atom is 0.337 e. The molecule has 4 heterocycles. The SMILES string of the molecule is C=C1[C@H]2[C@H](O[C@@H]3O[C@H](CO)[C@@H](O)[C@H](O)[C@H]3O)OC=C(C(=O)OCC[C@H](C)CCC[C@@H](C)COC(=O)C3=CO[C@@H](O[C@@H]4O[C@H](CO)[C@@H](O)[C@H](O)[C@H]4O)[C@@H]4C(=C)[C@@H](O)C[C@H]34)[C@H]2C[C@@H]1O. The van der Waals surface area contributed by atoms with Gasteiger partial charge in [0.25, 0.3) is 0 Å². The molecule has 350 valence electrons. The molecule has 4 fully saturated rings. The molecule has 20 nitrogen and oxygen atoms in total. The van der Waals surface area contributed by atoms with Gasteiger partial charge in [0, 0.05) is 11.8 Å². The lowest BCUT2D eigenvalue weighted by Gasteiger charge is -2.42. The third kappa shape index (κ3) is 10.2. The van der Waals surface area contributed by atoms with E-state index in [0.29, 0.717) is 17.6 Å². The number of aliphatic hydroxyl groups is 10. The Morgan fingerprint density at radius 2 is 1.06 bits per heavy atom. The number of esters is 2. The van der Waals surface area contributed by atoms with Crippen LogP contribution in [0, 0.1) is 35.5 Å². The number of aliphatic hydroxyl groups excluding tert-OH is 10. The third-order valence-corrected chi connectivity index (χ3v) is 13.0. The predicted octanol–water partition coefficient (Wildman–Crippen LogP) is -1.87. The molecule has 62 heavy (non-hydrogen) atoms. The Labute approximate surface area is 358 Å². The van der Waals surface area contributed by atoms with Crippen LogP contribution in [0.15, 0.2) is 48.0 Å². The summed E-state index contributed by atoms with van der Waals surface area (Å²) in [5.74, 6) is -3.75. The molecule has 6 aliphatic rings. The molecule has 6 rings (SSSR count).